The summed E-state index contributed by atoms with van der Waals surface area (Å²) in [5.41, 5.74) is 2.81. The highest BCUT2D eigenvalue weighted by Gasteiger charge is 2.32. The molecule has 0 aliphatic heterocycles. The third-order valence-electron chi connectivity index (χ3n) is 6.28. The number of nitrogens with zero attached hydrogens (tertiary/aromatic N) is 1. The van der Waals surface area contributed by atoms with Crippen LogP contribution >= 0.6 is 0 Å². The first-order chi connectivity index (χ1) is 18.0. The maximum absolute atomic E-state index is 13.9. The van der Waals surface area contributed by atoms with Crippen molar-refractivity contribution < 1.29 is 19.1 Å². The van der Waals surface area contributed by atoms with Crippen molar-refractivity contribution in [3.8, 4) is 0 Å². The Kier molecular flexibility index (Phi) is 9.50. The van der Waals surface area contributed by atoms with Gasteiger partial charge in [-0.25, -0.2) is 4.79 Å². The molecule has 0 aromatic heterocycles. The monoisotopic (exact) mass is 517 g/mol. The van der Waals surface area contributed by atoms with Gasteiger partial charge in [0.1, 0.15) is 18.2 Å². The van der Waals surface area contributed by atoms with Gasteiger partial charge in [-0.1, -0.05) is 61.9 Å². The molecule has 0 radical (unpaired) electrons. The first-order valence-corrected chi connectivity index (χ1v) is 13.1. The minimum atomic E-state index is -0.875. The highest BCUT2D eigenvalue weighted by molar-refractivity contribution is 6.00. The Labute approximate surface area is 225 Å². The summed E-state index contributed by atoms with van der Waals surface area (Å²) >= 11 is 0. The van der Waals surface area contributed by atoms with Gasteiger partial charge < -0.3 is 20.3 Å². The van der Waals surface area contributed by atoms with Crippen molar-refractivity contribution in [2.45, 2.75) is 66.0 Å². The average Bonchev–Trinajstić information content (AvgIpc) is 2.85. The number of carbonyl (C=O) groups excluding carboxylic acids is 3. The lowest BCUT2D eigenvalue weighted by molar-refractivity contribution is -0.138. The number of unbranched alkanes of at least 4 members (excludes halogenated alkanes) is 1. The maximum atomic E-state index is 13.9. The molecule has 2 N–H and O–H groups in total. The molecule has 0 spiro atoms. The van der Waals surface area contributed by atoms with Crippen LogP contribution in [0.2, 0.25) is 0 Å². The lowest BCUT2D eigenvalue weighted by Crippen LogP contribution is -2.47. The van der Waals surface area contributed by atoms with Crippen LogP contribution in [0, 0.1) is 13.8 Å². The van der Waals surface area contributed by atoms with E-state index in [2.05, 4.69) is 10.6 Å². The second-order valence-electron chi connectivity index (χ2n) is 10.6. The molecule has 7 heteroatoms. The van der Waals surface area contributed by atoms with Gasteiger partial charge in [0.15, 0.2) is 0 Å². The Morgan fingerprint density at radius 2 is 1.63 bits per heavy atom. The van der Waals surface area contributed by atoms with E-state index in [4.69, 9.17) is 4.74 Å². The Morgan fingerprint density at radius 1 is 0.921 bits per heavy atom. The summed E-state index contributed by atoms with van der Waals surface area (Å²) in [4.78, 5) is 41.1. The minimum absolute atomic E-state index is 0.275. The van der Waals surface area contributed by atoms with Crippen LogP contribution in [0.3, 0.4) is 0 Å². The van der Waals surface area contributed by atoms with E-state index in [9.17, 15) is 14.4 Å². The Balaban J connectivity index is 1.93. The number of carbonyl (C=O) groups is 3. The molecule has 3 aromatic rings. The summed E-state index contributed by atoms with van der Waals surface area (Å²) in [7, 11) is 0. The zero-order chi connectivity index (χ0) is 27.9. The van der Waals surface area contributed by atoms with Gasteiger partial charge in [0.2, 0.25) is 5.91 Å². The summed E-state index contributed by atoms with van der Waals surface area (Å²) in [6.07, 6.45) is 0.877. The summed E-state index contributed by atoms with van der Waals surface area (Å²) < 4.78 is 5.28. The Hall–Kier alpha value is -3.87. The van der Waals surface area contributed by atoms with Gasteiger partial charge in [-0.2, -0.15) is 0 Å². The maximum Gasteiger partial charge on any atom is 0.408 e. The standard InChI is InChI=1S/C31H39N3O4/c1-7-8-17-34(27(35)20-32-30(37)38-31(4,5)6)28(25-14-13-21(2)22(3)18-25)29(36)33-26-16-15-23-11-9-10-12-24(23)19-26/h9-16,18-19,28H,7-8,17,20H2,1-6H3,(H,32,37)(H,33,36). The van der Waals surface area contributed by atoms with Crippen molar-refractivity contribution in [3.63, 3.8) is 0 Å². The largest absolute Gasteiger partial charge is 0.444 e. The number of amides is 3. The van der Waals surface area contributed by atoms with Gasteiger partial charge in [0.05, 0.1) is 0 Å². The lowest BCUT2D eigenvalue weighted by atomic mass is 9.98. The summed E-state index contributed by atoms with van der Waals surface area (Å²) in [6.45, 7) is 11.4. The fourth-order valence-corrected chi connectivity index (χ4v) is 4.18. The van der Waals surface area contributed by atoms with Gasteiger partial charge >= 0.3 is 6.09 Å². The number of rotatable bonds is 9. The fraction of sp³-hybridized carbons (Fsp3) is 0.387. The quantitative estimate of drug-likeness (QED) is 0.349. The van der Waals surface area contributed by atoms with Crippen LogP contribution < -0.4 is 10.6 Å². The molecule has 0 saturated carbocycles. The number of aryl methyl sites for hydroxylation is 2. The molecule has 3 rings (SSSR count). The molecule has 38 heavy (non-hydrogen) atoms. The van der Waals surface area contributed by atoms with Gasteiger partial charge in [-0.15, -0.1) is 0 Å². The van der Waals surface area contributed by atoms with Gasteiger partial charge in [-0.05, 0) is 80.6 Å². The van der Waals surface area contributed by atoms with Crippen molar-refractivity contribution in [1.29, 1.82) is 0 Å². The second kappa shape index (κ2) is 12.6. The van der Waals surface area contributed by atoms with E-state index < -0.39 is 17.7 Å². The molecule has 0 fully saturated rings. The summed E-state index contributed by atoms with van der Waals surface area (Å²) in [5.74, 6) is -0.675. The Bertz CT molecular complexity index is 1300. The van der Waals surface area contributed by atoms with E-state index in [1.165, 1.54) is 0 Å². The first kappa shape index (κ1) is 28.7. The minimum Gasteiger partial charge on any atom is -0.444 e. The van der Waals surface area contributed by atoms with Crippen molar-refractivity contribution in [3.05, 3.63) is 77.4 Å². The normalized spacial score (nSPS) is 12.1. The number of nitrogens with one attached hydrogen (secondary N) is 2. The van der Waals surface area contributed by atoms with E-state index >= 15 is 0 Å². The smallest absolute Gasteiger partial charge is 0.408 e. The molecule has 1 unspecified atom stereocenters. The highest BCUT2D eigenvalue weighted by Crippen LogP contribution is 2.27. The lowest BCUT2D eigenvalue weighted by Gasteiger charge is -2.32. The highest BCUT2D eigenvalue weighted by atomic mass is 16.6. The van der Waals surface area contributed by atoms with E-state index in [1.54, 1.807) is 25.7 Å². The van der Waals surface area contributed by atoms with Crippen LogP contribution in [0.15, 0.2) is 60.7 Å². The average molecular weight is 518 g/mol. The van der Waals surface area contributed by atoms with Crippen LogP contribution in [-0.4, -0.2) is 41.5 Å². The van der Waals surface area contributed by atoms with Crippen molar-refractivity contribution in [2.75, 3.05) is 18.4 Å². The van der Waals surface area contributed by atoms with Crippen LogP contribution in [0.4, 0.5) is 10.5 Å². The second-order valence-corrected chi connectivity index (χ2v) is 10.6. The number of fused-ring (bicyclic) bond motifs is 1. The summed E-state index contributed by atoms with van der Waals surface area (Å²) in [5, 5.41) is 7.66. The number of hydrogen-bond acceptors (Lipinski definition) is 4. The van der Waals surface area contributed by atoms with Gasteiger partial charge in [0, 0.05) is 12.2 Å². The molecule has 3 amide bonds. The number of ether oxygens (including phenoxy) is 1. The zero-order valence-corrected chi connectivity index (χ0v) is 23.3. The molecule has 1 atom stereocenters. The predicted octanol–water partition coefficient (Wildman–Crippen LogP) is 6.29. The van der Waals surface area contributed by atoms with E-state index in [1.807, 2.05) is 81.4 Å². The molecule has 0 aliphatic rings. The molecule has 3 aromatic carbocycles. The molecular weight excluding hydrogens is 478 g/mol. The Morgan fingerprint density at radius 3 is 2.29 bits per heavy atom. The molecule has 0 aliphatic carbocycles. The third-order valence-corrected chi connectivity index (χ3v) is 6.28. The van der Waals surface area contributed by atoms with Crippen LogP contribution in [0.1, 0.15) is 63.3 Å². The molecule has 0 bridgehead atoms. The number of hydrogen-bond donors (Lipinski definition) is 2. The molecule has 0 saturated heterocycles. The van der Waals surface area contributed by atoms with Crippen LogP contribution in [-0.2, 0) is 14.3 Å². The molecule has 0 heterocycles. The number of anilines is 1. The number of alkyl carbamates (subject to hydrolysis) is 1. The van der Waals surface area contributed by atoms with E-state index in [0.717, 1.165) is 28.3 Å². The van der Waals surface area contributed by atoms with E-state index in [-0.39, 0.29) is 18.4 Å². The predicted molar refractivity (Wildman–Crippen MR) is 152 cm³/mol. The van der Waals surface area contributed by atoms with Gasteiger partial charge in [0.25, 0.3) is 5.91 Å². The number of benzene rings is 3. The van der Waals surface area contributed by atoms with Gasteiger partial charge in [-0.3, -0.25) is 9.59 Å². The molecule has 7 nitrogen and oxygen atoms in total. The van der Waals surface area contributed by atoms with Crippen molar-refractivity contribution >= 4 is 34.4 Å². The van der Waals surface area contributed by atoms with Crippen molar-refractivity contribution in [2.24, 2.45) is 0 Å². The fourth-order valence-electron chi connectivity index (χ4n) is 4.18. The van der Waals surface area contributed by atoms with E-state index in [0.29, 0.717) is 24.2 Å². The van der Waals surface area contributed by atoms with Crippen LogP contribution in [0.5, 0.6) is 0 Å². The molecule has 202 valence electrons. The van der Waals surface area contributed by atoms with Crippen molar-refractivity contribution in [1.82, 2.24) is 10.2 Å². The first-order valence-electron chi connectivity index (χ1n) is 13.1. The topological polar surface area (TPSA) is 87.7 Å². The summed E-state index contributed by atoms with van der Waals surface area (Å²) in [6, 6.07) is 18.6. The third kappa shape index (κ3) is 7.81. The molecular formula is C31H39N3O4. The zero-order valence-electron chi connectivity index (χ0n) is 23.3. The SMILES string of the molecule is CCCCN(C(=O)CNC(=O)OC(C)(C)C)C(C(=O)Nc1ccc2ccccc2c1)c1ccc(C)c(C)c1. The van der Waals surface area contributed by atoms with Crippen LogP contribution in [0.25, 0.3) is 10.8 Å².